The fourth-order valence-corrected chi connectivity index (χ4v) is 6.14. The largest absolute Gasteiger partial charge is 0.446 e. The Balaban J connectivity index is 0.000000523. The van der Waals surface area contributed by atoms with Crippen molar-refractivity contribution in [2.24, 2.45) is 0 Å². The normalized spacial score (nSPS) is 21.6. The second-order valence-electron chi connectivity index (χ2n) is 11.3. The van der Waals surface area contributed by atoms with Crippen molar-refractivity contribution in [3.05, 3.63) is 77.4 Å². The molecule has 3 aliphatic rings. The Morgan fingerprint density at radius 2 is 1.61 bits per heavy atom. The van der Waals surface area contributed by atoms with E-state index in [1.54, 1.807) is 0 Å². The van der Waals surface area contributed by atoms with Crippen LogP contribution < -0.4 is 10.2 Å². The second kappa shape index (κ2) is 10.7. The number of anilines is 2. The third-order valence-corrected chi connectivity index (χ3v) is 8.57. The standard InChI is InChI=1S/C29H26F3N5O.C2HF3O/c1-36-10-12-37(13-11-36)20-6-2-17(3-7-20)26-21-8-4-18(14-25(21)34-35-26)23-16-28(23)22-15-19(29(30,31)32)5-9-24(22)33-27(28)38;3-2(4,5)1-6/h2-9,14-15,23H,10-13,16H2,1H3,(H,33,38)(H,34,35);1H/t23?,28-;/m0./s1. The van der Waals surface area contributed by atoms with E-state index in [4.69, 9.17) is 4.79 Å². The summed E-state index contributed by atoms with van der Waals surface area (Å²) in [4.78, 5) is 26.4. The van der Waals surface area contributed by atoms with Crippen LogP contribution in [-0.2, 0) is 21.2 Å². The number of benzene rings is 3. The number of piperazine rings is 1. The number of hydrogen-bond acceptors (Lipinski definition) is 5. The van der Waals surface area contributed by atoms with Crippen LogP contribution >= 0.6 is 0 Å². The zero-order valence-corrected chi connectivity index (χ0v) is 23.4. The number of fused-ring (bicyclic) bond motifs is 3. The monoisotopic (exact) mass is 615 g/mol. The molecule has 2 atom stereocenters. The lowest BCUT2D eigenvalue weighted by Gasteiger charge is -2.34. The van der Waals surface area contributed by atoms with E-state index in [0.29, 0.717) is 17.7 Å². The molecule has 4 aromatic rings. The number of H-pyrrole nitrogens is 1. The minimum absolute atomic E-state index is 0.189. The van der Waals surface area contributed by atoms with Gasteiger partial charge in [-0.2, -0.15) is 31.4 Å². The minimum atomic E-state index is -4.64. The third-order valence-electron chi connectivity index (χ3n) is 8.57. The molecule has 3 heterocycles. The summed E-state index contributed by atoms with van der Waals surface area (Å²) in [6, 6.07) is 17.9. The van der Waals surface area contributed by atoms with E-state index in [0.717, 1.165) is 66.0 Å². The van der Waals surface area contributed by atoms with Crippen LogP contribution in [0, 0.1) is 0 Å². The van der Waals surface area contributed by atoms with Gasteiger partial charge in [0.1, 0.15) is 0 Å². The SMILES string of the molecule is CN1CCN(c2ccc(-c3n[nH]c4cc(C5C[C@@]56C(=O)Nc5ccc(C(F)(F)F)cc56)ccc34)cc2)CC1.O=CC(F)(F)F. The highest BCUT2D eigenvalue weighted by Gasteiger charge is 2.65. The molecule has 1 aliphatic carbocycles. The van der Waals surface area contributed by atoms with Gasteiger partial charge in [-0.25, -0.2) is 0 Å². The van der Waals surface area contributed by atoms with Crippen LogP contribution in [0.1, 0.15) is 29.0 Å². The van der Waals surface area contributed by atoms with Gasteiger partial charge in [0.15, 0.2) is 0 Å². The minimum Gasteiger partial charge on any atom is -0.369 e. The lowest BCUT2D eigenvalue weighted by Crippen LogP contribution is -2.44. The molecule has 1 aromatic heterocycles. The number of nitrogens with one attached hydrogen (secondary N) is 2. The number of likely N-dealkylation sites (N-methyl/N-ethyl adjacent to an activating group) is 1. The number of aromatic amines is 1. The highest BCUT2D eigenvalue weighted by molar-refractivity contribution is 6.10. The first-order chi connectivity index (χ1) is 20.8. The van der Waals surface area contributed by atoms with E-state index in [1.807, 2.05) is 18.2 Å². The Kier molecular flexibility index (Phi) is 7.18. The first-order valence-corrected chi connectivity index (χ1v) is 13.9. The summed E-state index contributed by atoms with van der Waals surface area (Å²) in [7, 11) is 2.14. The van der Waals surface area contributed by atoms with Gasteiger partial charge >= 0.3 is 12.4 Å². The van der Waals surface area contributed by atoms with Gasteiger partial charge in [0.2, 0.25) is 12.2 Å². The van der Waals surface area contributed by atoms with Crippen LogP contribution in [0.25, 0.3) is 22.2 Å². The number of aldehydes is 1. The van der Waals surface area contributed by atoms with Crippen molar-refractivity contribution in [1.29, 1.82) is 0 Å². The maximum Gasteiger partial charge on any atom is 0.446 e. The van der Waals surface area contributed by atoms with Crippen LogP contribution in [0.2, 0.25) is 0 Å². The van der Waals surface area contributed by atoms with Gasteiger partial charge in [-0.15, -0.1) is 0 Å². The zero-order chi connectivity index (χ0) is 31.4. The number of aromatic nitrogens is 2. The Labute approximate surface area is 247 Å². The Hall–Kier alpha value is -4.39. The number of halogens is 6. The molecule has 7 rings (SSSR count). The van der Waals surface area contributed by atoms with E-state index >= 15 is 0 Å². The smallest absolute Gasteiger partial charge is 0.369 e. The topological polar surface area (TPSA) is 81.3 Å². The molecular weight excluding hydrogens is 588 g/mol. The first-order valence-electron chi connectivity index (χ1n) is 13.9. The summed E-state index contributed by atoms with van der Waals surface area (Å²) in [5, 5.41) is 11.4. The van der Waals surface area contributed by atoms with Gasteiger partial charge in [0.05, 0.1) is 22.2 Å². The second-order valence-corrected chi connectivity index (χ2v) is 11.3. The maximum absolute atomic E-state index is 13.4. The molecule has 0 radical (unpaired) electrons. The molecule has 2 aliphatic heterocycles. The van der Waals surface area contributed by atoms with Gasteiger partial charge in [0, 0.05) is 54.4 Å². The van der Waals surface area contributed by atoms with Gasteiger partial charge in [0.25, 0.3) is 0 Å². The van der Waals surface area contributed by atoms with Gasteiger partial charge < -0.3 is 15.1 Å². The van der Waals surface area contributed by atoms with Crippen LogP contribution in [-0.4, -0.2) is 66.7 Å². The van der Waals surface area contributed by atoms with Crippen molar-refractivity contribution in [3.63, 3.8) is 0 Å². The van der Waals surface area contributed by atoms with E-state index in [1.165, 1.54) is 11.8 Å². The average Bonchev–Trinajstić information content (AvgIpc) is 3.51. The van der Waals surface area contributed by atoms with E-state index in [2.05, 4.69) is 56.6 Å². The maximum atomic E-state index is 13.4. The fourth-order valence-electron chi connectivity index (χ4n) is 6.14. The summed E-state index contributed by atoms with van der Waals surface area (Å²) >= 11 is 0. The quantitative estimate of drug-likeness (QED) is 0.214. The third kappa shape index (κ3) is 5.40. The predicted octanol–water partition coefficient (Wildman–Crippen LogP) is 6.13. The molecule has 7 nitrogen and oxygen atoms in total. The highest BCUT2D eigenvalue weighted by Crippen LogP contribution is 2.65. The summed E-state index contributed by atoms with van der Waals surface area (Å²) < 4.78 is 71.4. The highest BCUT2D eigenvalue weighted by atomic mass is 19.4. The van der Waals surface area contributed by atoms with Crippen molar-refractivity contribution in [2.45, 2.75) is 30.1 Å². The van der Waals surface area contributed by atoms with Crippen molar-refractivity contribution < 1.29 is 35.9 Å². The molecule has 2 N–H and O–H groups in total. The lowest BCUT2D eigenvalue weighted by atomic mass is 9.90. The molecule has 230 valence electrons. The molecular formula is C31H27F6N5O2. The van der Waals surface area contributed by atoms with Gasteiger partial charge in [-0.3, -0.25) is 14.7 Å². The van der Waals surface area contributed by atoms with E-state index < -0.39 is 29.6 Å². The molecule has 1 spiro atoms. The lowest BCUT2D eigenvalue weighted by molar-refractivity contribution is -0.156. The average molecular weight is 616 g/mol. The molecule has 2 fully saturated rings. The molecule has 13 heteroatoms. The predicted molar refractivity (Wildman–Crippen MR) is 152 cm³/mol. The summed E-state index contributed by atoms with van der Waals surface area (Å²) in [5.41, 5.74) is 4.03. The zero-order valence-electron chi connectivity index (χ0n) is 23.4. The number of rotatable bonds is 3. The number of amides is 1. The Morgan fingerprint density at radius 3 is 2.25 bits per heavy atom. The summed E-state index contributed by atoms with van der Waals surface area (Å²) in [6.45, 7) is 4.11. The molecule has 0 bridgehead atoms. The number of alkyl halides is 6. The molecule has 1 unspecified atom stereocenters. The summed E-state index contributed by atoms with van der Waals surface area (Å²) in [6.07, 6.45) is -9.68. The molecule has 1 saturated carbocycles. The molecule has 1 saturated heterocycles. The fraction of sp³-hybridized carbons (Fsp3) is 0.323. The number of carbonyl (C=O) groups excluding carboxylic acids is 2. The van der Waals surface area contributed by atoms with Crippen LogP contribution in [0.4, 0.5) is 37.7 Å². The van der Waals surface area contributed by atoms with Gasteiger partial charge in [-0.05, 0) is 61.0 Å². The van der Waals surface area contributed by atoms with Gasteiger partial charge in [-0.1, -0.05) is 24.3 Å². The van der Waals surface area contributed by atoms with E-state index in [-0.39, 0.29) is 11.8 Å². The van der Waals surface area contributed by atoms with Crippen LogP contribution in [0.3, 0.4) is 0 Å². The van der Waals surface area contributed by atoms with Crippen molar-refractivity contribution in [2.75, 3.05) is 43.4 Å². The molecule has 3 aromatic carbocycles. The Morgan fingerprint density at radius 1 is 0.932 bits per heavy atom. The number of nitrogens with zero attached hydrogens (tertiary/aromatic N) is 3. The van der Waals surface area contributed by atoms with Crippen molar-refractivity contribution in [3.8, 4) is 11.3 Å². The Bertz CT molecular complexity index is 1720. The molecule has 44 heavy (non-hydrogen) atoms. The summed E-state index contributed by atoms with van der Waals surface area (Å²) in [5.74, 6) is -0.422. The number of hydrogen-bond donors (Lipinski definition) is 2. The van der Waals surface area contributed by atoms with E-state index in [9.17, 15) is 31.1 Å². The number of carbonyl (C=O) groups is 2. The molecule has 1 amide bonds. The first kappa shape index (κ1) is 29.7. The van der Waals surface area contributed by atoms with Crippen LogP contribution in [0.15, 0.2) is 60.7 Å². The van der Waals surface area contributed by atoms with Crippen molar-refractivity contribution in [1.82, 2.24) is 15.1 Å². The van der Waals surface area contributed by atoms with Crippen LogP contribution in [0.5, 0.6) is 0 Å². The van der Waals surface area contributed by atoms with Crippen molar-refractivity contribution >= 4 is 34.5 Å².